The smallest absolute Gasteiger partial charge is 0.267 e. The summed E-state index contributed by atoms with van der Waals surface area (Å²) in [5.74, 6) is -5.11. The Labute approximate surface area is 149 Å². The molecule has 2 rings (SSSR count). The first kappa shape index (κ1) is 19.1. The maximum atomic E-state index is 13.6. The van der Waals surface area contributed by atoms with Gasteiger partial charge in [-0.3, -0.25) is 4.79 Å². The molecule has 134 valence electrons. The summed E-state index contributed by atoms with van der Waals surface area (Å²) < 4.78 is 39.8. The van der Waals surface area contributed by atoms with Crippen LogP contribution in [-0.2, 0) is 11.2 Å². The van der Waals surface area contributed by atoms with Gasteiger partial charge in [0.1, 0.15) is 11.6 Å². The molecule has 1 amide bonds. The highest BCUT2D eigenvalue weighted by molar-refractivity contribution is 6.07. The standard InChI is InChI=1S/C19H16F3N3O/c1-3-12-6-4-5-11(2)18(12)25-19(26)13(9-23)10-24-15-8-7-14(20)16(21)17(15)22/h4-8,10,24H,3H2,1-2H3,(H,25,26)/b13-10-. The Kier molecular flexibility index (Phi) is 6.02. The topological polar surface area (TPSA) is 64.9 Å². The molecular weight excluding hydrogens is 343 g/mol. The second-order valence-electron chi connectivity index (χ2n) is 5.45. The van der Waals surface area contributed by atoms with Crippen LogP contribution in [0.2, 0.25) is 0 Å². The summed E-state index contributed by atoms with van der Waals surface area (Å²) in [5.41, 5.74) is 1.58. The molecule has 0 aliphatic rings. The van der Waals surface area contributed by atoms with Gasteiger partial charge in [0, 0.05) is 11.9 Å². The van der Waals surface area contributed by atoms with Crippen LogP contribution in [0.1, 0.15) is 18.1 Å². The molecule has 26 heavy (non-hydrogen) atoms. The third kappa shape index (κ3) is 4.03. The average molecular weight is 359 g/mol. The van der Waals surface area contributed by atoms with E-state index in [2.05, 4.69) is 10.6 Å². The first-order chi connectivity index (χ1) is 12.4. The van der Waals surface area contributed by atoms with Crippen LogP contribution < -0.4 is 10.6 Å². The number of carbonyl (C=O) groups is 1. The summed E-state index contributed by atoms with van der Waals surface area (Å²) in [4.78, 5) is 12.3. The zero-order chi connectivity index (χ0) is 19.3. The van der Waals surface area contributed by atoms with Crippen molar-refractivity contribution in [2.75, 3.05) is 10.6 Å². The molecule has 0 bridgehead atoms. The number of carbonyl (C=O) groups excluding carboxylic acids is 1. The Morgan fingerprint density at radius 2 is 1.92 bits per heavy atom. The van der Waals surface area contributed by atoms with Gasteiger partial charge in [0.15, 0.2) is 17.5 Å². The van der Waals surface area contributed by atoms with Crippen molar-refractivity contribution < 1.29 is 18.0 Å². The first-order valence-electron chi connectivity index (χ1n) is 7.79. The summed E-state index contributed by atoms with van der Waals surface area (Å²) in [7, 11) is 0. The van der Waals surface area contributed by atoms with Crippen molar-refractivity contribution in [1.29, 1.82) is 5.26 Å². The molecule has 2 aromatic carbocycles. The quantitative estimate of drug-likeness (QED) is 0.471. The molecule has 0 saturated carbocycles. The zero-order valence-corrected chi connectivity index (χ0v) is 14.2. The van der Waals surface area contributed by atoms with Crippen molar-refractivity contribution in [3.8, 4) is 6.07 Å². The number of nitrogens with one attached hydrogen (secondary N) is 2. The molecule has 0 spiro atoms. The lowest BCUT2D eigenvalue weighted by atomic mass is 10.1. The molecule has 0 unspecified atom stereocenters. The number of halogens is 3. The van der Waals surface area contributed by atoms with E-state index in [4.69, 9.17) is 5.26 Å². The van der Waals surface area contributed by atoms with E-state index in [-0.39, 0.29) is 5.57 Å². The molecule has 0 heterocycles. The zero-order valence-electron chi connectivity index (χ0n) is 14.2. The van der Waals surface area contributed by atoms with Crippen molar-refractivity contribution in [3.05, 3.63) is 70.7 Å². The number of rotatable bonds is 5. The molecule has 0 fully saturated rings. The van der Waals surface area contributed by atoms with Gasteiger partial charge in [-0.1, -0.05) is 25.1 Å². The largest absolute Gasteiger partial charge is 0.358 e. The normalized spacial score (nSPS) is 11.0. The van der Waals surface area contributed by atoms with Gasteiger partial charge in [0.05, 0.1) is 5.69 Å². The fourth-order valence-electron chi connectivity index (χ4n) is 2.32. The predicted octanol–water partition coefficient (Wildman–Crippen LogP) is 4.43. The lowest BCUT2D eigenvalue weighted by Crippen LogP contribution is -2.16. The first-order valence-corrected chi connectivity index (χ1v) is 7.79. The highest BCUT2D eigenvalue weighted by Gasteiger charge is 2.15. The summed E-state index contributed by atoms with van der Waals surface area (Å²) >= 11 is 0. The highest BCUT2D eigenvalue weighted by atomic mass is 19.2. The summed E-state index contributed by atoms with van der Waals surface area (Å²) in [6.45, 7) is 3.75. The van der Waals surface area contributed by atoms with Crippen LogP contribution in [-0.4, -0.2) is 5.91 Å². The SMILES string of the molecule is CCc1cccc(C)c1NC(=O)/C(C#N)=C\Nc1ccc(F)c(F)c1F. The van der Waals surface area contributed by atoms with Crippen LogP contribution in [0.25, 0.3) is 0 Å². The fourth-order valence-corrected chi connectivity index (χ4v) is 2.32. The summed E-state index contributed by atoms with van der Waals surface area (Å²) in [6, 6.07) is 8.93. The van der Waals surface area contributed by atoms with Crippen molar-refractivity contribution in [2.45, 2.75) is 20.3 Å². The Balaban J connectivity index is 2.24. The minimum atomic E-state index is -1.64. The number of anilines is 2. The number of amides is 1. The van der Waals surface area contributed by atoms with E-state index < -0.39 is 29.0 Å². The molecule has 0 radical (unpaired) electrons. The van der Waals surface area contributed by atoms with Crippen molar-refractivity contribution in [1.82, 2.24) is 0 Å². The number of benzene rings is 2. The molecule has 0 saturated heterocycles. The molecule has 0 aliphatic carbocycles. The van der Waals surface area contributed by atoms with Crippen LogP contribution >= 0.6 is 0 Å². The third-order valence-electron chi connectivity index (χ3n) is 3.75. The monoisotopic (exact) mass is 359 g/mol. The van der Waals surface area contributed by atoms with Crippen molar-refractivity contribution >= 4 is 17.3 Å². The van der Waals surface area contributed by atoms with Gasteiger partial charge < -0.3 is 10.6 Å². The Bertz CT molecular complexity index is 917. The highest BCUT2D eigenvalue weighted by Crippen LogP contribution is 2.22. The second-order valence-corrected chi connectivity index (χ2v) is 5.45. The molecule has 0 atom stereocenters. The maximum Gasteiger partial charge on any atom is 0.267 e. The van der Waals surface area contributed by atoms with Crippen LogP contribution in [0, 0.1) is 35.7 Å². The van der Waals surface area contributed by atoms with Crippen LogP contribution in [0.3, 0.4) is 0 Å². The van der Waals surface area contributed by atoms with Gasteiger partial charge in [-0.15, -0.1) is 0 Å². The Morgan fingerprint density at radius 1 is 1.19 bits per heavy atom. The van der Waals surface area contributed by atoms with E-state index in [9.17, 15) is 18.0 Å². The Morgan fingerprint density at radius 3 is 2.58 bits per heavy atom. The van der Waals surface area contributed by atoms with Crippen LogP contribution in [0.5, 0.6) is 0 Å². The summed E-state index contributed by atoms with van der Waals surface area (Å²) in [5, 5.41) is 14.1. The molecule has 7 heteroatoms. The minimum absolute atomic E-state index is 0.348. The molecule has 0 aromatic heterocycles. The molecule has 0 aliphatic heterocycles. The molecule has 4 nitrogen and oxygen atoms in total. The van der Waals surface area contributed by atoms with Gasteiger partial charge in [-0.2, -0.15) is 5.26 Å². The Hall–Kier alpha value is -3.27. The number of para-hydroxylation sites is 1. The van der Waals surface area contributed by atoms with E-state index in [0.29, 0.717) is 12.1 Å². The fraction of sp³-hybridized carbons (Fsp3) is 0.158. The number of nitrogens with zero attached hydrogens (tertiary/aromatic N) is 1. The predicted molar refractivity (Wildman–Crippen MR) is 92.8 cm³/mol. The van der Waals surface area contributed by atoms with Gasteiger partial charge in [0.25, 0.3) is 5.91 Å². The maximum absolute atomic E-state index is 13.6. The van der Waals surface area contributed by atoms with Gasteiger partial charge in [-0.05, 0) is 36.6 Å². The molecule has 2 aromatic rings. The van der Waals surface area contributed by atoms with Crippen LogP contribution in [0.15, 0.2) is 42.1 Å². The van der Waals surface area contributed by atoms with Gasteiger partial charge in [-0.25, -0.2) is 13.2 Å². The van der Waals surface area contributed by atoms with E-state index in [1.165, 1.54) is 0 Å². The van der Waals surface area contributed by atoms with Gasteiger partial charge >= 0.3 is 0 Å². The molecule has 2 N–H and O–H groups in total. The number of aryl methyl sites for hydroxylation is 2. The van der Waals surface area contributed by atoms with E-state index in [1.54, 1.807) is 6.07 Å². The van der Waals surface area contributed by atoms with Gasteiger partial charge in [0.2, 0.25) is 0 Å². The lowest BCUT2D eigenvalue weighted by molar-refractivity contribution is -0.112. The van der Waals surface area contributed by atoms with E-state index in [1.807, 2.05) is 32.0 Å². The van der Waals surface area contributed by atoms with Crippen molar-refractivity contribution in [3.63, 3.8) is 0 Å². The third-order valence-corrected chi connectivity index (χ3v) is 3.75. The van der Waals surface area contributed by atoms with E-state index in [0.717, 1.165) is 29.5 Å². The summed E-state index contributed by atoms with van der Waals surface area (Å²) in [6.07, 6.45) is 1.62. The number of hydrogen-bond acceptors (Lipinski definition) is 3. The average Bonchev–Trinajstić information content (AvgIpc) is 2.63. The second kappa shape index (κ2) is 8.21. The van der Waals surface area contributed by atoms with E-state index >= 15 is 0 Å². The van der Waals surface area contributed by atoms with Crippen LogP contribution in [0.4, 0.5) is 24.5 Å². The molecular formula is C19H16F3N3O. The number of hydrogen-bond donors (Lipinski definition) is 2. The minimum Gasteiger partial charge on any atom is -0.358 e. The van der Waals surface area contributed by atoms with Crippen molar-refractivity contribution in [2.24, 2.45) is 0 Å². The number of nitriles is 1. The lowest BCUT2D eigenvalue weighted by Gasteiger charge is -2.12.